The Morgan fingerprint density at radius 1 is 1.33 bits per heavy atom. The van der Waals surface area contributed by atoms with Gasteiger partial charge >= 0.3 is 0 Å². The third kappa shape index (κ3) is 2.72. The van der Waals surface area contributed by atoms with E-state index in [1.807, 2.05) is 10.8 Å². The van der Waals surface area contributed by atoms with Crippen molar-refractivity contribution < 1.29 is 4.92 Å². The summed E-state index contributed by atoms with van der Waals surface area (Å²) < 4.78 is 1.99. The quantitative estimate of drug-likeness (QED) is 0.637. The first-order valence-electron chi connectivity index (χ1n) is 5.64. The first kappa shape index (κ1) is 12.3. The zero-order chi connectivity index (χ0) is 13.0. The average Bonchev–Trinajstić information content (AvgIpc) is 2.78. The van der Waals surface area contributed by atoms with E-state index in [0.29, 0.717) is 13.1 Å². The van der Waals surface area contributed by atoms with E-state index in [4.69, 9.17) is 5.73 Å². The standard InChI is InChI=1S/C12H14N4O2/c13-6-5-12-14-7-8-15(12)9-10-1-3-11(4-2-10)16(17)18/h1-4,7-8H,5-6,9,13H2. The maximum Gasteiger partial charge on any atom is 0.269 e. The van der Waals surface area contributed by atoms with Gasteiger partial charge in [0.05, 0.1) is 4.92 Å². The number of hydrogen-bond acceptors (Lipinski definition) is 4. The Hall–Kier alpha value is -2.21. The molecule has 0 saturated heterocycles. The van der Waals surface area contributed by atoms with Gasteiger partial charge in [-0.05, 0) is 12.1 Å². The summed E-state index contributed by atoms with van der Waals surface area (Å²) in [6.45, 7) is 1.20. The van der Waals surface area contributed by atoms with E-state index >= 15 is 0 Å². The number of non-ortho nitro benzene ring substituents is 1. The fraction of sp³-hybridized carbons (Fsp3) is 0.250. The van der Waals surface area contributed by atoms with Gasteiger partial charge in [0.15, 0.2) is 0 Å². The number of nitro groups is 1. The van der Waals surface area contributed by atoms with Crippen LogP contribution >= 0.6 is 0 Å². The topological polar surface area (TPSA) is 87.0 Å². The average molecular weight is 246 g/mol. The number of hydrogen-bond donors (Lipinski definition) is 1. The highest BCUT2D eigenvalue weighted by Gasteiger charge is 2.06. The molecule has 2 N–H and O–H groups in total. The van der Waals surface area contributed by atoms with Gasteiger partial charge in [-0.25, -0.2) is 4.98 Å². The molecule has 94 valence electrons. The third-order valence-corrected chi connectivity index (χ3v) is 2.67. The van der Waals surface area contributed by atoms with Gasteiger partial charge in [-0.2, -0.15) is 0 Å². The van der Waals surface area contributed by atoms with Crippen molar-refractivity contribution in [3.8, 4) is 0 Å². The highest BCUT2D eigenvalue weighted by Crippen LogP contribution is 2.13. The summed E-state index contributed by atoms with van der Waals surface area (Å²) in [4.78, 5) is 14.4. The maximum absolute atomic E-state index is 10.5. The zero-order valence-electron chi connectivity index (χ0n) is 9.82. The molecular weight excluding hydrogens is 232 g/mol. The Bertz CT molecular complexity index is 533. The van der Waals surface area contributed by atoms with Crippen molar-refractivity contribution in [2.24, 2.45) is 5.73 Å². The summed E-state index contributed by atoms with van der Waals surface area (Å²) in [6.07, 6.45) is 4.34. The summed E-state index contributed by atoms with van der Waals surface area (Å²) in [7, 11) is 0. The van der Waals surface area contributed by atoms with Crippen molar-refractivity contribution in [1.29, 1.82) is 0 Å². The van der Waals surface area contributed by atoms with Crippen LogP contribution in [0.4, 0.5) is 5.69 Å². The lowest BCUT2D eigenvalue weighted by atomic mass is 10.2. The summed E-state index contributed by atoms with van der Waals surface area (Å²) in [5, 5.41) is 10.5. The van der Waals surface area contributed by atoms with Gasteiger partial charge in [0.25, 0.3) is 5.69 Å². The molecule has 0 aliphatic rings. The van der Waals surface area contributed by atoms with E-state index in [1.165, 1.54) is 12.1 Å². The predicted molar refractivity (Wildman–Crippen MR) is 67.2 cm³/mol. The lowest BCUT2D eigenvalue weighted by Crippen LogP contribution is -2.10. The number of nitrogens with two attached hydrogens (primary N) is 1. The molecule has 0 unspecified atom stereocenters. The molecule has 0 saturated carbocycles. The van der Waals surface area contributed by atoms with Gasteiger partial charge in [0, 0.05) is 37.5 Å². The Morgan fingerprint density at radius 3 is 2.67 bits per heavy atom. The Kier molecular flexibility index (Phi) is 3.69. The van der Waals surface area contributed by atoms with Crippen LogP contribution in [-0.2, 0) is 13.0 Å². The number of nitro benzene ring substituents is 1. The molecule has 0 radical (unpaired) electrons. The van der Waals surface area contributed by atoms with Crippen LogP contribution in [0.2, 0.25) is 0 Å². The summed E-state index contributed by atoms with van der Waals surface area (Å²) in [6, 6.07) is 6.53. The third-order valence-electron chi connectivity index (χ3n) is 2.67. The van der Waals surface area contributed by atoms with Crippen LogP contribution in [0.5, 0.6) is 0 Å². The van der Waals surface area contributed by atoms with Crippen LogP contribution < -0.4 is 5.73 Å². The largest absolute Gasteiger partial charge is 0.330 e. The molecule has 2 rings (SSSR count). The fourth-order valence-electron chi connectivity index (χ4n) is 1.76. The molecule has 0 aliphatic heterocycles. The first-order chi connectivity index (χ1) is 8.70. The highest BCUT2D eigenvalue weighted by atomic mass is 16.6. The first-order valence-corrected chi connectivity index (χ1v) is 5.64. The molecule has 0 fully saturated rings. The summed E-state index contributed by atoms with van der Waals surface area (Å²) >= 11 is 0. The molecule has 0 bridgehead atoms. The molecule has 6 nitrogen and oxygen atoms in total. The van der Waals surface area contributed by atoms with E-state index in [0.717, 1.165) is 17.8 Å². The Balaban J connectivity index is 2.13. The predicted octanol–water partition coefficient (Wildman–Crippen LogP) is 1.34. The van der Waals surface area contributed by atoms with Crippen molar-refractivity contribution >= 4 is 5.69 Å². The maximum atomic E-state index is 10.5. The van der Waals surface area contributed by atoms with Crippen LogP contribution in [-0.4, -0.2) is 21.0 Å². The molecule has 18 heavy (non-hydrogen) atoms. The monoisotopic (exact) mass is 246 g/mol. The molecule has 0 aliphatic carbocycles. The van der Waals surface area contributed by atoms with Crippen molar-refractivity contribution in [2.75, 3.05) is 6.54 Å². The molecule has 6 heteroatoms. The zero-order valence-corrected chi connectivity index (χ0v) is 9.82. The highest BCUT2D eigenvalue weighted by molar-refractivity contribution is 5.33. The molecule has 1 aromatic carbocycles. The van der Waals surface area contributed by atoms with E-state index in [2.05, 4.69) is 4.98 Å². The molecule has 1 aromatic heterocycles. The van der Waals surface area contributed by atoms with Crippen molar-refractivity contribution in [1.82, 2.24) is 9.55 Å². The Morgan fingerprint density at radius 2 is 2.06 bits per heavy atom. The lowest BCUT2D eigenvalue weighted by molar-refractivity contribution is -0.384. The molecule has 2 aromatic rings. The van der Waals surface area contributed by atoms with Gasteiger partial charge < -0.3 is 10.3 Å². The van der Waals surface area contributed by atoms with E-state index in [1.54, 1.807) is 18.3 Å². The van der Waals surface area contributed by atoms with Crippen LogP contribution in [0.3, 0.4) is 0 Å². The van der Waals surface area contributed by atoms with Crippen molar-refractivity contribution in [2.45, 2.75) is 13.0 Å². The van der Waals surface area contributed by atoms with E-state index in [-0.39, 0.29) is 5.69 Å². The molecule has 0 spiro atoms. The number of nitrogens with zero attached hydrogens (tertiary/aromatic N) is 3. The van der Waals surface area contributed by atoms with Crippen LogP contribution in [0, 0.1) is 10.1 Å². The fourth-order valence-corrected chi connectivity index (χ4v) is 1.76. The van der Waals surface area contributed by atoms with Crippen molar-refractivity contribution in [3.05, 3.63) is 58.2 Å². The van der Waals surface area contributed by atoms with E-state index < -0.39 is 4.92 Å². The Labute approximate surface area is 104 Å². The van der Waals surface area contributed by atoms with Crippen molar-refractivity contribution in [3.63, 3.8) is 0 Å². The second-order valence-electron chi connectivity index (χ2n) is 3.93. The normalized spacial score (nSPS) is 10.5. The second kappa shape index (κ2) is 5.42. The summed E-state index contributed by atoms with van der Waals surface area (Å²) in [5.41, 5.74) is 6.61. The van der Waals surface area contributed by atoms with Gasteiger partial charge in [-0.15, -0.1) is 0 Å². The number of imidazole rings is 1. The summed E-state index contributed by atoms with van der Waals surface area (Å²) in [5.74, 6) is 0.927. The number of benzene rings is 1. The molecule has 0 amide bonds. The van der Waals surface area contributed by atoms with Gasteiger partial charge in [0.1, 0.15) is 5.82 Å². The van der Waals surface area contributed by atoms with Crippen LogP contribution in [0.1, 0.15) is 11.4 Å². The second-order valence-corrected chi connectivity index (χ2v) is 3.93. The minimum atomic E-state index is -0.402. The van der Waals surface area contributed by atoms with Gasteiger partial charge in [-0.1, -0.05) is 12.1 Å². The minimum absolute atomic E-state index is 0.103. The van der Waals surface area contributed by atoms with Crippen LogP contribution in [0.25, 0.3) is 0 Å². The van der Waals surface area contributed by atoms with Gasteiger partial charge in [-0.3, -0.25) is 10.1 Å². The number of aromatic nitrogens is 2. The van der Waals surface area contributed by atoms with E-state index in [9.17, 15) is 10.1 Å². The minimum Gasteiger partial charge on any atom is -0.330 e. The molecule has 1 heterocycles. The molecular formula is C12H14N4O2. The number of rotatable bonds is 5. The van der Waals surface area contributed by atoms with Crippen LogP contribution in [0.15, 0.2) is 36.7 Å². The molecule has 0 atom stereocenters. The lowest BCUT2D eigenvalue weighted by Gasteiger charge is -2.07. The van der Waals surface area contributed by atoms with Gasteiger partial charge in [0.2, 0.25) is 0 Å². The smallest absolute Gasteiger partial charge is 0.269 e. The SMILES string of the molecule is NCCc1nccn1Cc1ccc([N+](=O)[O-])cc1.